The molecular weight excluding hydrogens is 317 g/mol. The molecule has 128 valence electrons. The summed E-state index contributed by atoms with van der Waals surface area (Å²) in [4.78, 5) is 12.0. The number of amides is 1. The van der Waals surface area contributed by atoms with E-state index in [0.717, 1.165) is 17.7 Å². The van der Waals surface area contributed by atoms with Crippen LogP contribution in [0.4, 0.5) is 18.9 Å². The number of benzene rings is 2. The first-order chi connectivity index (χ1) is 11.4. The number of nitrogens with one attached hydrogen (secondary N) is 2. The molecule has 0 aromatic heterocycles. The van der Waals surface area contributed by atoms with Gasteiger partial charge in [-0.1, -0.05) is 44.2 Å². The standard InChI is InChI=1S/C18H19F3N2O/c1-11(2)18(12-6-4-3-5-7-12)22-10-15(24)23-14-9-8-13(19)16(20)17(14)21/h3-9,11,18,22H,10H2,1-2H3,(H,23,24)/t18-/m0/s1. The van der Waals surface area contributed by atoms with Crippen LogP contribution in [0.2, 0.25) is 0 Å². The zero-order chi connectivity index (χ0) is 17.7. The van der Waals surface area contributed by atoms with Crippen molar-refractivity contribution < 1.29 is 18.0 Å². The molecule has 0 aliphatic heterocycles. The zero-order valence-electron chi connectivity index (χ0n) is 13.4. The van der Waals surface area contributed by atoms with Crippen molar-refractivity contribution in [3.63, 3.8) is 0 Å². The molecule has 6 heteroatoms. The second kappa shape index (κ2) is 7.97. The summed E-state index contributed by atoms with van der Waals surface area (Å²) in [6.07, 6.45) is 0. The van der Waals surface area contributed by atoms with Crippen molar-refractivity contribution in [2.45, 2.75) is 19.9 Å². The molecule has 1 atom stereocenters. The van der Waals surface area contributed by atoms with Crippen LogP contribution in [0.25, 0.3) is 0 Å². The molecule has 0 aliphatic rings. The van der Waals surface area contributed by atoms with Gasteiger partial charge >= 0.3 is 0 Å². The summed E-state index contributed by atoms with van der Waals surface area (Å²) in [5.74, 6) is -4.63. The first kappa shape index (κ1) is 18.0. The Hall–Kier alpha value is -2.34. The monoisotopic (exact) mass is 336 g/mol. The lowest BCUT2D eigenvalue weighted by atomic mass is 9.96. The van der Waals surface area contributed by atoms with Crippen molar-refractivity contribution in [2.75, 3.05) is 11.9 Å². The predicted octanol–water partition coefficient (Wildman–Crippen LogP) is 4.03. The lowest BCUT2D eigenvalue weighted by Gasteiger charge is -2.22. The third-order valence-electron chi connectivity index (χ3n) is 3.62. The van der Waals surface area contributed by atoms with Gasteiger partial charge in [-0.3, -0.25) is 4.79 Å². The van der Waals surface area contributed by atoms with Gasteiger partial charge in [0.15, 0.2) is 17.5 Å². The Labute approximate surface area is 138 Å². The number of hydrogen-bond donors (Lipinski definition) is 2. The third kappa shape index (κ3) is 4.35. The SMILES string of the molecule is CC(C)[C@H](NCC(=O)Nc1ccc(F)c(F)c1F)c1ccccc1. The molecule has 2 N–H and O–H groups in total. The summed E-state index contributed by atoms with van der Waals surface area (Å²) in [5.41, 5.74) is 0.640. The Bertz CT molecular complexity index is 705. The van der Waals surface area contributed by atoms with Gasteiger partial charge in [0.1, 0.15) is 0 Å². The number of halogens is 3. The van der Waals surface area contributed by atoms with Crippen molar-refractivity contribution in [1.82, 2.24) is 5.32 Å². The number of rotatable bonds is 6. The maximum atomic E-state index is 13.6. The van der Waals surface area contributed by atoms with E-state index in [0.29, 0.717) is 0 Å². The molecule has 0 fully saturated rings. The first-order valence-electron chi connectivity index (χ1n) is 7.61. The minimum atomic E-state index is -1.61. The number of carbonyl (C=O) groups excluding carboxylic acids is 1. The molecule has 0 bridgehead atoms. The van der Waals surface area contributed by atoms with E-state index in [1.54, 1.807) is 0 Å². The van der Waals surface area contributed by atoms with E-state index in [9.17, 15) is 18.0 Å². The number of carbonyl (C=O) groups is 1. The Morgan fingerprint density at radius 3 is 2.29 bits per heavy atom. The van der Waals surface area contributed by atoms with Gasteiger partial charge in [0.2, 0.25) is 5.91 Å². The molecular formula is C18H19F3N2O. The Morgan fingerprint density at radius 1 is 1.00 bits per heavy atom. The normalized spacial score (nSPS) is 12.2. The summed E-state index contributed by atoms with van der Waals surface area (Å²) in [6, 6.07) is 11.3. The second-order valence-corrected chi connectivity index (χ2v) is 5.78. The molecule has 3 nitrogen and oxygen atoms in total. The topological polar surface area (TPSA) is 41.1 Å². The molecule has 24 heavy (non-hydrogen) atoms. The van der Waals surface area contributed by atoms with E-state index in [2.05, 4.69) is 10.6 Å². The van der Waals surface area contributed by atoms with E-state index in [4.69, 9.17) is 0 Å². The molecule has 2 aromatic carbocycles. The molecule has 0 aliphatic carbocycles. The highest BCUT2D eigenvalue weighted by molar-refractivity contribution is 5.92. The second-order valence-electron chi connectivity index (χ2n) is 5.78. The van der Waals surface area contributed by atoms with Crippen LogP contribution in [0.5, 0.6) is 0 Å². The summed E-state index contributed by atoms with van der Waals surface area (Å²) in [7, 11) is 0. The highest BCUT2D eigenvalue weighted by Crippen LogP contribution is 2.22. The minimum absolute atomic E-state index is 0.0632. The Morgan fingerprint density at radius 2 is 1.67 bits per heavy atom. The van der Waals surface area contributed by atoms with Gasteiger partial charge in [-0.25, -0.2) is 13.2 Å². The van der Waals surface area contributed by atoms with Gasteiger partial charge in [-0.15, -0.1) is 0 Å². The summed E-state index contributed by atoms with van der Waals surface area (Å²) < 4.78 is 39.6. The summed E-state index contributed by atoms with van der Waals surface area (Å²) in [5, 5.41) is 5.34. The van der Waals surface area contributed by atoms with Crippen molar-refractivity contribution in [3.8, 4) is 0 Å². The molecule has 2 rings (SSSR count). The maximum Gasteiger partial charge on any atom is 0.238 e. The summed E-state index contributed by atoms with van der Waals surface area (Å²) >= 11 is 0. The van der Waals surface area contributed by atoms with Crippen LogP contribution in [0.1, 0.15) is 25.5 Å². The van der Waals surface area contributed by atoms with Gasteiger partial charge in [0, 0.05) is 6.04 Å². The van der Waals surface area contributed by atoms with E-state index in [1.165, 1.54) is 0 Å². The van der Waals surface area contributed by atoms with E-state index < -0.39 is 23.4 Å². The van der Waals surface area contributed by atoms with Crippen molar-refractivity contribution >= 4 is 11.6 Å². The lowest BCUT2D eigenvalue weighted by molar-refractivity contribution is -0.115. The molecule has 0 unspecified atom stereocenters. The minimum Gasteiger partial charge on any atom is -0.322 e. The molecule has 0 radical (unpaired) electrons. The van der Waals surface area contributed by atoms with Crippen molar-refractivity contribution in [2.24, 2.45) is 5.92 Å². The fourth-order valence-corrected chi connectivity index (χ4v) is 2.42. The van der Waals surface area contributed by atoms with Gasteiger partial charge < -0.3 is 10.6 Å². The fourth-order valence-electron chi connectivity index (χ4n) is 2.42. The van der Waals surface area contributed by atoms with Crippen molar-refractivity contribution in [3.05, 3.63) is 65.5 Å². The quantitative estimate of drug-likeness (QED) is 0.782. The van der Waals surface area contributed by atoms with E-state index >= 15 is 0 Å². The van der Waals surface area contributed by atoms with Crippen LogP contribution in [0, 0.1) is 23.4 Å². The van der Waals surface area contributed by atoms with Gasteiger partial charge in [-0.05, 0) is 23.6 Å². The van der Waals surface area contributed by atoms with Crippen LogP contribution in [0.15, 0.2) is 42.5 Å². The van der Waals surface area contributed by atoms with Crippen LogP contribution in [-0.4, -0.2) is 12.5 Å². The molecule has 1 amide bonds. The molecule has 2 aromatic rings. The van der Waals surface area contributed by atoms with Gasteiger partial charge in [0.25, 0.3) is 0 Å². The maximum absolute atomic E-state index is 13.6. The first-order valence-corrected chi connectivity index (χ1v) is 7.61. The average molecular weight is 336 g/mol. The van der Waals surface area contributed by atoms with Gasteiger partial charge in [0.05, 0.1) is 12.2 Å². The molecule has 0 spiro atoms. The fraction of sp³-hybridized carbons (Fsp3) is 0.278. The Balaban J connectivity index is 2.01. The third-order valence-corrected chi connectivity index (χ3v) is 3.62. The van der Waals surface area contributed by atoms with Crippen LogP contribution < -0.4 is 10.6 Å². The van der Waals surface area contributed by atoms with E-state index in [-0.39, 0.29) is 24.2 Å². The number of anilines is 1. The van der Waals surface area contributed by atoms with Crippen molar-refractivity contribution in [1.29, 1.82) is 0 Å². The predicted molar refractivity (Wildman–Crippen MR) is 87.0 cm³/mol. The van der Waals surface area contributed by atoms with Crippen LogP contribution >= 0.6 is 0 Å². The van der Waals surface area contributed by atoms with E-state index in [1.807, 2.05) is 44.2 Å². The number of hydrogen-bond acceptors (Lipinski definition) is 2. The Kier molecular flexibility index (Phi) is 5.98. The largest absolute Gasteiger partial charge is 0.322 e. The smallest absolute Gasteiger partial charge is 0.238 e. The van der Waals surface area contributed by atoms with Gasteiger partial charge in [-0.2, -0.15) is 0 Å². The molecule has 0 saturated heterocycles. The molecule has 0 saturated carbocycles. The van der Waals surface area contributed by atoms with Crippen LogP contribution in [-0.2, 0) is 4.79 Å². The highest BCUT2D eigenvalue weighted by Gasteiger charge is 2.18. The average Bonchev–Trinajstić information content (AvgIpc) is 2.56. The summed E-state index contributed by atoms with van der Waals surface area (Å²) in [6.45, 7) is 3.94. The molecule has 0 heterocycles. The van der Waals surface area contributed by atoms with Crippen LogP contribution in [0.3, 0.4) is 0 Å². The highest BCUT2D eigenvalue weighted by atomic mass is 19.2. The lowest BCUT2D eigenvalue weighted by Crippen LogP contribution is -2.33. The zero-order valence-corrected chi connectivity index (χ0v) is 13.4.